The van der Waals surface area contributed by atoms with Crippen molar-refractivity contribution in [3.63, 3.8) is 0 Å². The van der Waals surface area contributed by atoms with E-state index in [0.717, 1.165) is 71.4 Å². The van der Waals surface area contributed by atoms with Gasteiger partial charge in [0.15, 0.2) is 11.5 Å². The van der Waals surface area contributed by atoms with E-state index in [1.54, 1.807) is 6.07 Å². The maximum atomic E-state index is 13.6. The summed E-state index contributed by atoms with van der Waals surface area (Å²) < 4.78 is 44.5. The van der Waals surface area contributed by atoms with Gasteiger partial charge in [0, 0.05) is 31.7 Å². The highest BCUT2D eigenvalue weighted by Crippen LogP contribution is 2.33. The van der Waals surface area contributed by atoms with E-state index < -0.39 is 10.0 Å². The van der Waals surface area contributed by atoms with Gasteiger partial charge in [-0.2, -0.15) is 4.31 Å². The summed E-state index contributed by atoms with van der Waals surface area (Å²) in [5.74, 6) is 0.528. The van der Waals surface area contributed by atoms with Gasteiger partial charge in [-0.15, -0.1) is 0 Å². The predicted octanol–water partition coefficient (Wildman–Crippen LogP) is 1.87. The van der Waals surface area contributed by atoms with Crippen LogP contribution in [-0.2, 0) is 19.6 Å². The molecule has 3 rings (SSSR count). The minimum Gasteiger partial charge on any atom is -0.493 e. The number of ether oxygens (including phenoxy) is 3. The molecular weight excluding hydrogens is 446 g/mol. The third kappa shape index (κ3) is 7.05. The van der Waals surface area contributed by atoms with Crippen LogP contribution >= 0.6 is 0 Å². The van der Waals surface area contributed by atoms with Crippen LogP contribution in [0.2, 0.25) is 0 Å². The molecule has 186 valence electrons. The van der Waals surface area contributed by atoms with Gasteiger partial charge in [-0.05, 0) is 37.9 Å². The quantitative estimate of drug-likeness (QED) is 0.480. The molecule has 1 aliphatic heterocycles. The van der Waals surface area contributed by atoms with Crippen LogP contribution in [0.1, 0.15) is 38.5 Å². The number of methoxy groups -OCH3 is 2. The van der Waals surface area contributed by atoms with Gasteiger partial charge in [0.05, 0.1) is 38.9 Å². The molecule has 1 saturated heterocycles. The van der Waals surface area contributed by atoms with Crippen LogP contribution in [0.3, 0.4) is 0 Å². The van der Waals surface area contributed by atoms with Crippen LogP contribution in [0, 0.1) is 0 Å². The van der Waals surface area contributed by atoms with Gasteiger partial charge in [0.1, 0.15) is 0 Å². The van der Waals surface area contributed by atoms with Gasteiger partial charge in [0.2, 0.25) is 15.9 Å². The molecule has 1 N–H and O–H groups in total. The Morgan fingerprint density at radius 3 is 2.48 bits per heavy atom. The maximum Gasteiger partial charge on any atom is 0.243 e. The van der Waals surface area contributed by atoms with Crippen LogP contribution < -0.4 is 14.8 Å². The molecule has 1 aromatic rings. The lowest BCUT2D eigenvalue weighted by molar-refractivity contribution is -0.121. The third-order valence-corrected chi connectivity index (χ3v) is 8.21. The second-order valence-electron chi connectivity index (χ2n) is 8.52. The SMILES string of the molecule is COc1ccc(S(=O)(=O)N(CC(=O)NCCCN2CCOCC2)C2CCCCC2)cc1OC. The average molecular weight is 484 g/mol. The van der Waals surface area contributed by atoms with Crippen molar-refractivity contribution in [2.75, 3.05) is 60.2 Å². The fourth-order valence-corrected chi connectivity index (χ4v) is 6.10. The van der Waals surface area contributed by atoms with Crippen molar-refractivity contribution >= 4 is 15.9 Å². The highest BCUT2D eigenvalue weighted by atomic mass is 32.2. The molecule has 0 atom stereocenters. The number of sulfonamides is 1. The number of morpholine rings is 1. The van der Waals surface area contributed by atoms with Gasteiger partial charge in [-0.3, -0.25) is 9.69 Å². The zero-order valence-corrected chi connectivity index (χ0v) is 20.6. The van der Waals surface area contributed by atoms with E-state index in [2.05, 4.69) is 10.2 Å². The Kier molecular flexibility index (Phi) is 9.78. The van der Waals surface area contributed by atoms with Crippen molar-refractivity contribution in [2.24, 2.45) is 0 Å². The van der Waals surface area contributed by atoms with E-state index in [1.165, 1.54) is 30.7 Å². The minimum absolute atomic E-state index is 0.103. The van der Waals surface area contributed by atoms with E-state index in [9.17, 15) is 13.2 Å². The summed E-state index contributed by atoms with van der Waals surface area (Å²) in [5.41, 5.74) is 0. The molecule has 0 bridgehead atoms. The zero-order chi connectivity index (χ0) is 23.7. The third-order valence-electron chi connectivity index (χ3n) is 6.32. The Labute approximate surface area is 197 Å². The first-order chi connectivity index (χ1) is 16.0. The molecule has 33 heavy (non-hydrogen) atoms. The molecule has 10 heteroatoms. The first-order valence-electron chi connectivity index (χ1n) is 11.8. The summed E-state index contributed by atoms with van der Waals surface area (Å²) in [7, 11) is -0.913. The van der Waals surface area contributed by atoms with E-state index in [4.69, 9.17) is 14.2 Å². The summed E-state index contributed by atoms with van der Waals surface area (Å²) in [6.07, 6.45) is 5.35. The van der Waals surface area contributed by atoms with Gasteiger partial charge in [-0.1, -0.05) is 19.3 Å². The van der Waals surface area contributed by atoms with Crippen LogP contribution in [0.5, 0.6) is 11.5 Å². The average Bonchev–Trinajstić information content (AvgIpc) is 2.85. The molecule has 0 radical (unpaired) electrons. The van der Waals surface area contributed by atoms with Crippen molar-refractivity contribution in [3.8, 4) is 11.5 Å². The number of nitrogens with zero attached hydrogens (tertiary/aromatic N) is 2. The molecule has 1 saturated carbocycles. The number of benzene rings is 1. The van der Waals surface area contributed by atoms with Crippen LogP contribution in [0.4, 0.5) is 0 Å². The second kappa shape index (κ2) is 12.5. The van der Waals surface area contributed by atoms with E-state index in [1.807, 2.05) is 0 Å². The number of rotatable bonds is 11. The monoisotopic (exact) mass is 483 g/mol. The van der Waals surface area contributed by atoms with Crippen molar-refractivity contribution in [1.29, 1.82) is 0 Å². The summed E-state index contributed by atoms with van der Waals surface area (Å²) in [6.45, 7) is 4.54. The summed E-state index contributed by atoms with van der Waals surface area (Å²) >= 11 is 0. The molecule has 0 spiro atoms. The summed E-state index contributed by atoms with van der Waals surface area (Å²) in [4.78, 5) is 15.2. The van der Waals surface area contributed by atoms with Gasteiger partial charge in [-0.25, -0.2) is 8.42 Å². The van der Waals surface area contributed by atoms with Crippen molar-refractivity contribution in [1.82, 2.24) is 14.5 Å². The highest BCUT2D eigenvalue weighted by molar-refractivity contribution is 7.89. The fraction of sp³-hybridized carbons (Fsp3) is 0.696. The number of amides is 1. The van der Waals surface area contributed by atoms with Crippen LogP contribution in [0.15, 0.2) is 23.1 Å². The molecule has 1 amide bonds. The van der Waals surface area contributed by atoms with Crippen molar-refractivity contribution in [3.05, 3.63) is 18.2 Å². The molecule has 0 unspecified atom stereocenters. The van der Waals surface area contributed by atoms with E-state index in [0.29, 0.717) is 18.0 Å². The topological polar surface area (TPSA) is 97.4 Å². The van der Waals surface area contributed by atoms with Gasteiger partial charge >= 0.3 is 0 Å². The summed E-state index contributed by atoms with van der Waals surface area (Å²) in [6, 6.07) is 4.36. The largest absolute Gasteiger partial charge is 0.493 e. The maximum absolute atomic E-state index is 13.6. The standard InChI is InChI=1S/C23H37N3O6S/c1-30-21-10-9-20(17-22(21)31-2)33(28,29)26(19-7-4-3-5-8-19)18-23(27)24-11-6-12-25-13-15-32-16-14-25/h9-10,17,19H,3-8,11-16,18H2,1-2H3,(H,24,27). The lowest BCUT2D eigenvalue weighted by atomic mass is 9.95. The lowest BCUT2D eigenvalue weighted by Gasteiger charge is -2.33. The number of hydrogen-bond donors (Lipinski definition) is 1. The summed E-state index contributed by atoms with van der Waals surface area (Å²) in [5, 5.41) is 2.91. The molecule has 1 aromatic carbocycles. The first-order valence-corrected chi connectivity index (χ1v) is 13.2. The molecule has 1 aliphatic carbocycles. The van der Waals surface area contributed by atoms with Gasteiger partial charge in [0.25, 0.3) is 0 Å². The fourth-order valence-electron chi connectivity index (χ4n) is 4.44. The zero-order valence-electron chi connectivity index (χ0n) is 19.8. The minimum atomic E-state index is -3.89. The van der Waals surface area contributed by atoms with Gasteiger partial charge < -0.3 is 19.5 Å². The van der Waals surface area contributed by atoms with Crippen molar-refractivity contribution in [2.45, 2.75) is 49.5 Å². The molecular formula is C23H37N3O6S. The molecule has 9 nitrogen and oxygen atoms in total. The molecule has 1 heterocycles. The van der Waals surface area contributed by atoms with E-state index >= 15 is 0 Å². The van der Waals surface area contributed by atoms with Crippen LogP contribution in [-0.4, -0.2) is 89.7 Å². The molecule has 2 aliphatic rings. The Morgan fingerprint density at radius 1 is 1.12 bits per heavy atom. The van der Waals surface area contributed by atoms with E-state index in [-0.39, 0.29) is 23.4 Å². The lowest BCUT2D eigenvalue weighted by Crippen LogP contribution is -2.47. The molecule has 2 fully saturated rings. The highest BCUT2D eigenvalue weighted by Gasteiger charge is 2.34. The Bertz CT molecular complexity index is 867. The number of carbonyl (C=O) groups excluding carboxylic acids is 1. The Hall–Kier alpha value is -1.88. The Balaban J connectivity index is 1.66. The predicted molar refractivity (Wildman–Crippen MR) is 125 cm³/mol. The molecule has 0 aromatic heterocycles. The smallest absolute Gasteiger partial charge is 0.243 e. The van der Waals surface area contributed by atoms with Crippen LogP contribution in [0.25, 0.3) is 0 Å². The number of nitrogens with one attached hydrogen (secondary N) is 1. The number of carbonyl (C=O) groups is 1. The van der Waals surface area contributed by atoms with Crippen molar-refractivity contribution < 1.29 is 27.4 Å². The first kappa shape index (κ1) is 25.7. The number of hydrogen-bond acceptors (Lipinski definition) is 7. The normalized spacial score (nSPS) is 18.3. The Morgan fingerprint density at radius 2 is 1.82 bits per heavy atom. The second-order valence-corrected chi connectivity index (χ2v) is 10.4.